The fourth-order valence-corrected chi connectivity index (χ4v) is 2.03. The smallest absolute Gasteiger partial charge is 0.307 e. The maximum absolute atomic E-state index is 12.2. The Bertz CT molecular complexity index is 623. The number of hydrogen-bond donors (Lipinski definition) is 1. The van der Waals surface area contributed by atoms with Gasteiger partial charge in [-0.25, -0.2) is 0 Å². The van der Waals surface area contributed by atoms with Crippen LogP contribution in [0.5, 0.6) is 0 Å². The summed E-state index contributed by atoms with van der Waals surface area (Å²) in [6.07, 6.45) is 0.162. The molecule has 4 heteroatoms. The third kappa shape index (κ3) is 3.92. The molecular weight excluding hydrogens is 266 g/mol. The van der Waals surface area contributed by atoms with Crippen LogP contribution in [-0.4, -0.2) is 25.5 Å². The molecule has 2 rings (SSSR count). The van der Waals surface area contributed by atoms with Gasteiger partial charge in [-0.3, -0.25) is 9.59 Å². The predicted octanol–water partition coefficient (Wildman–Crippen LogP) is 2.65. The Balaban J connectivity index is 2.13. The molecule has 0 radical (unpaired) electrons. The molecule has 0 aromatic heterocycles. The van der Waals surface area contributed by atoms with Gasteiger partial charge in [0.15, 0.2) is 0 Å². The number of carbonyl (C=O) groups excluding carboxylic acids is 2. The van der Waals surface area contributed by atoms with E-state index in [0.29, 0.717) is 5.56 Å². The number of methoxy groups -OCH3 is 1. The van der Waals surface area contributed by atoms with Gasteiger partial charge in [-0.05, 0) is 17.2 Å². The molecular formula is C17H17NO3. The van der Waals surface area contributed by atoms with E-state index >= 15 is 0 Å². The third-order valence-corrected chi connectivity index (χ3v) is 3.10. The Labute approximate surface area is 123 Å². The van der Waals surface area contributed by atoms with Crippen LogP contribution >= 0.6 is 0 Å². The van der Waals surface area contributed by atoms with E-state index in [9.17, 15) is 9.59 Å². The Morgan fingerprint density at radius 3 is 2.38 bits per heavy atom. The zero-order valence-corrected chi connectivity index (χ0v) is 11.8. The number of amides is 1. The average Bonchev–Trinajstić information content (AvgIpc) is 2.55. The lowest BCUT2D eigenvalue weighted by Crippen LogP contribution is -2.26. The highest BCUT2D eigenvalue weighted by Gasteiger charge is 2.12. The molecule has 1 amide bonds. The first-order valence-electron chi connectivity index (χ1n) is 6.72. The standard InChI is InChI=1S/C17H17NO3/c1-21-16(19)11-12-18-17(20)15-10-6-5-9-14(15)13-7-3-2-4-8-13/h2-10H,11-12H2,1H3,(H,18,20). The summed E-state index contributed by atoms with van der Waals surface area (Å²) in [7, 11) is 1.33. The van der Waals surface area contributed by atoms with Crippen LogP contribution in [0.25, 0.3) is 11.1 Å². The fraction of sp³-hybridized carbons (Fsp3) is 0.176. The zero-order chi connectivity index (χ0) is 15.1. The van der Waals surface area contributed by atoms with Crippen molar-refractivity contribution in [2.45, 2.75) is 6.42 Å². The summed E-state index contributed by atoms with van der Waals surface area (Å²) < 4.78 is 4.54. The highest BCUT2D eigenvalue weighted by Crippen LogP contribution is 2.23. The molecule has 0 aliphatic carbocycles. The molecule has 0 saturated carbocycles. The monoisotopic (exact) mass is 283 g/mol. The predicted molar refractivity (Wildman–Crippen MR) is 80.8 cm³/mol. The Morgan fingerprint density at radius 1 is 1.00 bits per heavy atom. The van der Waals surface area contributed by atoms with E-state index < -0.39 is 0 Å². The highest BCUT2D eigenvalue weighted by atomic mass is 16.5. The van der Waals surface area contributed by atoms with Crippen molar-refractivity contribution in [1.82, 2.24) is 5.32 Å². The number of nitrogens with one attached hydrogen (secondary N) is 1. The topological polar surface area (TPSA) is 55.4 Å². The summed E-state index contributed by atoms with van der Waals surface area (Å²) in [5.74, 6) is -0.537. The van der Waals surface area contributed by atoms with E-state index in [2.05, 4.69) is 10.1 Å². The number of esters is 1. The van der Waals surface area contributed by atoms with E-state index in [0.717, 1.165) is 11.1 Å². The third-order valence-electron chi connectivity index (χ3n) is 3.10. The van der Waals surface area contributed by atoms with Crippen molar-refractivity contribution in [3.8, 4) is 11.1 Å². The first kappa shape index (κ1) is 14.8. The van der Waals surface area contributed by atoms with E-state index in [-0.39, 0.29) is 24.8 Å². The van der Waals surface area contributed by atoms with E-state index in [1.165, 1.54) is 7.11 Å². The average molecular weight is 283 g/mol. The van der Waals surface area contributed by atoms with E-state index in [1.807, 2.05) is 48.5 Å². The maximum atomic E-state index is 12.2. The van der Waals surface area contributed by atoms with Crippen LogP contribution in [0.4, 0.5) is 0 Å². The lowest BCUT2D eigenvalue weighted by atomic mass is 9.99. The first-order valence-corrected chi connectivity index (χ1v) is 6.72. The van der Waals surface area contributed by atoms with Gasteiger partial charge in [-0.1, -0.05) is 48.5 Å². The van der Waals surface area contributed by atoms with Crippen molar-refractivity contribution in [3.05, 3.63) is 60.2 Å². The molecule has 108 valence electrons. The van der Waals surface area contributed by atoms with E-state index in [4.69, 9.17) is 0 Å². The quantitative estimate of drug-likeness (QED) is 0.858. The molecule has 0 heterocycles. The maximum Gasteiger partial charge on any atom is 0.307 e. The minimum atomic E-state index is -0.341. The van der Waals surface area contributed by atoms with Crippen LogP contribution in [0, 0.1) is 0 Å². The van der Waals surface area contributed by atoms with E-state index in [1.54, 1.807) is 6.07 Å². The van der Waals surface area contributed by atoms with Crippen LogP contribution in [0.3, 0.4) is 0 Å². The summed E-state index contributed by atoms with van der Waals surface area (Å²) in [6, 6.07) is 17.1. The van der Waals surface area contributed by atoms with Crippen LogP contribution in [0.15, 0.2) is 54.6 Å². The molecule has 2 aromatic carbocycles. The van der Waals surface area contributed by atoms with Gasteiger partial charge in [0.1, 0.15) is 0 Å². The van der Waals surface area contributed by atoms with Crippen LogP contribution in [0.2, 0.25) is 0 Å². The van der Waals surface area contributed by atoms with Crippen molar-refractivity contribution < 1.29 is 14.3 Å². The minimum absolute atomic E-state index is 0.162. The summed E-state index contributed by atoms with van der Waals surface area (Å²) in [5, 5.41) is 2.73. The number of benzene rings is 2. The number of rotatable bonds is 5. The normalized spacial score (nSPS) is 9.95. The lowest BCUT2D eigenvalue weighted by Gasteiger charge is -2.10. The molecule has 0 fully saturated rings. The van der Waals surface area contributed by atoms with Crippen molar-refractivity contribution in [3.63, 3.8) is 0 Å². The Morgan fingerprint density at radius 2 is 1.67 bits per heavy atom. The molecule has 0 bridgehead atoms. The zero-order valence-electron chi connectivity index (χ0n) is 11.8. The second-order valence-electron chi connectivity index (χ2n) is 4.49. The summed E-state index contributed by atoms with van der Waals surface area (Å²) in [6.45, 7) is 0.259. The van der Waals surface area contributed by atoms with Crippen LogP contribution < -0.4 is 5.32 Å². The van der Waals surface area contributed by atoms with Gasteiger partial charge in [0.05, 0.1) is 13.5 Å². The number of carbonyl (C=O) groups is 2. The van der Waals surface area contributed by atoms with Crippen LogP contribution in [-0.2, 0) is 9.53 Å². The fourth-order valence-electron chi connectivity index (χ4n) is 2.03. The molecule has 0 saturated heterocycles. The summed E-state index contributed by atoms with van der Waals surface area (Å²) in [4.78, 5) is 23.3. The van der Waals surface area contributed by atoms with Crippen molar-refractivity contribution in [2.75, 3.05) is 13.7 Å². The van der Waals surface area contributed by atoms with Gasteiger partial charge in [-0.2, -0.15) is 0 Å². The van der Waals surface area contributed by atoms with Crippen LogP contribution in [0.1, 0.15) is 16.8 Å². The number of ether oxygens (including phenoxy) is 1. The van der Waals surface area contributed by atoms with Gasteiger partial charge in [-0.15, -0.1) is 0 Å². The largest absolute Gasteiger partial charge is 0.469 e. The molecule has 0 atom stereocenters. The lowest BCUT2D eigenvalue weighted by molar-refractivity contribution is -0.140. The summed E-state index contributed by atoms with van der Waals surface area (Å²) in [5.41, 5.74) is 2.44. The van der Waals surface area contributed by atoms with Crippen molar-refractivity contribution >= 4 is 11.9 Å². The molecule has 1 N–H and O–H groups in total. The second kappa shape index (κ2) is 7.24. The molecule has 4 nitrogen and oxygen atoms in total. The Kier molecular flexibility index (Phi) is 5.10. The molecule has 2 aromatic rings. The van der Waals surface area contributed by atoms with Gasteiger partial charge in [0.2, 0.25) is 0 Å². The van der Waals surface area contributed by atoms with Crippen molar-refractivity contribution in [1.29, 1.82) is 0 Å². The second-order valence-corrected chi connectivity index (χ2v) is 4.49. The Hall–Kier alpha value is -2.62. The van der Waals surface area contributed by atoms with Gasteiger partial charge in [0, 0.05) is 12.1 Å². The summed E-state index contributed by atoms with van der Waals surface area (Å²) >= 11 is 0. The molecule has 0 aliphatic heterocycles. The SMILES string of the molecule is COC(=O)CCNC(=O)c1ccccc1-c1ccccc1. The van der Waals surface area contributed by atoms with Crippen molar-refractivity contribution in [2.24, 2.45) is 0 Å². The van der Waals surface area contributed by atoms with Gasteiger partial charge >= 0.3 is 5.97 Å². The minimum Gasteiger partial charge on any atom is -0.469 e. The molecule has 21 heavy (non-hydrogen) atoms. The van der Waals surface area contributed by atoms with Gasteiger partial charge < -0.3 is 10.1 Å². The highest BCUT2D eigenvalue weighted by molar-refractivity contribution is 6.00. The molecule has 0 aliphatic rings. The first-order chi connectivity index (χ1) is 10.2. The van der Waals surface area contributed by atoms with Gasteiger partial charge in [0.25, 0.3) is 5.91 Å². The molecule has 0 unspecified atom stereocenters. The molecule has 0 spiro atoms. The number of hydrogen-bond acceptors (Lipinski definition) is 3.